The molecular weight excluding hydrogens is 399 g/mol. The number of hydrogen-bond acceptors (Lipinski definition) is 5. The van der Waals surface area contributed by atoms with E-state index in [0.717, 1.165) is 52.2 Å². The minimum absolute atomic E-state index is 0.112. The number of rotatable bonds is 7. The highest BCUT2D eigenvalue weighted by Gasteiger charge is 2.50. The van der Waals surface area contributed by atoms with Crippen molar-refractivity contribution in [2.45, 2.75) is 37.2 Å². The Kier molecular flexibility index (Phi) is 8.78. The van der Waals surface area contributed by atoms with Crippen LogP contribution in [0, 0.1) is 0 Å². The Balaban J connectivity index is 1.64. The SMILES string of the molecule is CN=C(NCCCCN1CCOCC1)NC1CCN(S(=O)(=O)C(F)(F)F)CC1. The molecule has 2 saturated heterocycles. The first-order valence-corrected chi connectivity index (χ1v) is 11.0. The minimum atomic E-state index is -5.24. The van der Waals surface area contributed by atoms with Gasteiger partial charge in [-0.05, 0) is 32.2 Å². The van der Waals surface area contributed by atoms with E-state index in [4.69, 9.17) is 4.74 Å². The Hall–Kier alpha value is -1.11. The summed E-state index contributed by atoms with van der Waals surface area (Å²) in [6, 6.07) is -0.112. The van der Waals surface area contributed by atoms with Gasteiger partial charge in [-0.25, -0.2) is 8.42 Å². The third kappa shape index (κ3) is 6.75. The van der Waals surface area contributed by atoms with E-state index >= 15 is 0 Å². The molecule has 0 amide bonds. The molecule has 2 fully saturated rings. The monoisotopic (exact) mass is 429 g/mol. The van der Waals surface area contributed by atoms with Gasteiger partial charge in [-0.3, -0.25) is 9.89 Å². The van der Waals surface area contributed by atoms with Crippen molar-refractivity contribution >= 4 is 16.0 Å². The molecule has 0 spiro atoms. The molecule has 2 rings (SSSR count). The van der Waals surface area contributed by atoms with E-state index in [1.807, 2.05) is 0 Å². The van der Waals surface area contributed by atoms with Gasteiger partial charge in [-0.15, -0.1) is 0 Å². The molecule has 0 unspecified atom stereocenters. The molecule has 0 aromatic carbocycles. The van der Waals surface area contributed by atoms with Gasteiger partial charge in [-0.1, -0.05) is 0 Å². The number of sulfonamides is 1. The van der Waals surface area contributed by atoms with Crippen LogP contribution in [0.1, 0.15) is 25.7 Å². The molecule has 2 N–H and O–H groups in total. The van der Waals surface area contributed by atoms with E-state index in [1.165, 1.54) is 0 Å². The Morgan fingerprint density at radius 3 is 2.36 bits per heavy atom. The van der Waals surface area contributed by atoms with Crippen molar-refractivity contribution in [2.75, 3.05) is 59.5 Å². The average Bonchev–Trinajstić information content (AvgIpc) is 2.67. The van der Waals surface area contributed by atoms with Gasteiger partial charge in [0.25, 0.3) is 0 Å². The maximum absolute atomic E-state index is 12.6. The molecule has 164 valence electrons. The normalized spacial score (nSPS) is 21.6. The lowest BCUT2D eigenvalue weighted by Crippen LogP contribution is -2.51. The number of nitrogens with one attached hydrogen (secondary N) is 2. The third-order valence-electron chi connectivity index (χ3n) is 4.95. The van der Waals surface area contributed by atoms with Crippen LogP contribution in [0.25, 0.3) is 0 Å². The van der Waals surface area contributed by atoms with Gasteiger partial charge >= 0.3 is 15.5 Å². The average molecular weight is 430 g/mol. The highest BCUT2D eigenvalue weighted by atomic mass is 32.2. The van der Waals surface area contributed by atoms with Crippen LogP contribution in [0.3, 0.4) is 0 Å². The standard InChI is InChI=1S/C16H30F3N5O3S/c1-20-15(21-6-2-3-7-23-10-12-27-13-11-23)22-14-4-8-24(9-5-14)28(25,26)16(17,18)19/h14H,2-13H2,1H3,(H2,20,21,22). The van der Waals surface area contributed by atoms with Gasteiger partial charge in [0.2, 0.25) is 0 Å². The molecule has 0 atom stereocenters. The van der Waals surface area contributed by atoms with E-state index < -0.39 is 15.5 Å². The molecule has 8 nitrogen and oxygen atoms in total. The molecule has 2 aliphatic rings. The molecule has 2 aliphatic heterocycles. The number of alkyl halides is 3. The first-order valence-electron chi connectivity index (χ1n) is 9.58. The minimum Gasteiger partial charge on any atom is -0.379 e. The van der Waals surface area contributed by atoms with Crippen molar-refractivity contribution in [3.05, 3.63) is 0 Å². The maximum atomic E-state index is 12.6. The predicted octanol–water partition coefficient (Wildman–Crippen LogP) is 0.578. The van der Waals surface area contributed by atoms with Crippen molar-refractivity contribution < 1.29 is 26.3 Å². The van der Waals surface area contributed by atoms with E-state index in [-0.39, 0.29) is 19.1 Å². The molecule has 28 heavy (non-hydrogen) atoms. The second kappa shape index (κ2) is 10.6. The fourth-order valence-corrected chi connectivity index (χ4v) is 4.25. The van der Waals surface area contributed by atoms with Crippen LogP contribution in [0.2, 0.25) is 0 Å². The smallest absolute Gasteiger partial charge is 0.379 e. The number of guanidine groups is 1. The Morgan fingerprint density at radius 1 is 1.14 bits per heavy atom. The van der Waals surface area contributed by atoms with E-state index in [2.05, 4.69) is 20.5 Å². The number of unbranched alkanes of at least 4 members (excludes halogenated alkanes) is 1. The predicted molar refractivity (Wildman–Crippen MR) is 101 cm³/mol. The highest BCUT2D eigenvalue weighted by molar-refractivity contribution is 7.90. The van der Waals surface area contributed by atoms with Crippen molar-refractivity contribution in [2.24, 2.45) is 4.99 Å². The summed E-state index contributed by atoms with van der Waals surface area (Å²) < 4.78 is 66.6. The first kappa shape index (κ1) is 23.2. The molecule has 0 radical (unpaired) electrons. The van der Waals surface area contributed by atoms with Crippen molar-refractivity contribution in [1.29, 1.82) is 0 Å². The molecule has 0 aromatic heterocycles. The zero-order valence-corrected chi connectivity index (χ0v) is 17.0. The number of ether oxygens (including phenoxy) is 1. The number of morpholine rings is 1. The lowest BCUT2D eigenvalue weighted by Gasteiger charge is -2.32. The maximum Gasteiger partial charge on any atom is 0.511 e. The van der Waals surface area contributed by atoms with E-state index in [1.54, 1.807) is 7.05 Å². The molecule has 0 bridgehead atoms. The van der Waals surface area contributed by atoms with Crippen LogP contribution in [0.15, 0.2) is 4.99 Å². The van der Waals surface area contributed by atoms with E-state index in [9.17, 15) is 21.6 Å². The summed E-state index contributed by atoms with van der Waals surface area (Å²) in [5.74, 6) is 0.587. The zero-order valence-electron chi connectivity index (χ0n) is 16.2. The summed E-state index contributed by atoms with van der Waals surface area (Å²) in [7, 11) is -3.61. The number of piperidine rings is 1. The van der Waals surface area contributed by atoms with Crippen molar-refractivity contribution in [3.8, 4) is 0 Å². The fourth-order valence-electron chi connectivity index (χ4n) is 3.27. The lowest BCUT2D eigenvalue weighted by molar-refractivity contribution is -0.0494. The Labute approximate surface area is 164 Å². The number of aliphatic imine (C=N–C) groups is 1. The summed E-state index contributed by atoms with van der Waals surface area (Å²) in [5.41, 5.74) is -5.24. The largest absolute Gasteiger partial charge is 0.511 e. The molecular formula is C16H30F3N5O3S. The van der Waals surface area contributed by atoms with Gasteiger partial charge in [0, 0.05) is 45.8 Å². The van der Waals surface area contributed by atoms with Crippen LogP contribution in [-0.4, -0.2) is 94.7 Å². The summed E-state index contributed by atoms with van der Waals surface area (Å²) >= 11 is 0. The molecule has 0 saturated carbocycles. The second-order valence-electron chi connectivity index (χ2n) is 6.93. The summed E-state index contributed by atoms with van der Waals surface area (Å²) in [5, 5.41) is 6.37. The summed E-state index contributed by atoms with van der Waals surface area (Å²) in [4.78, 5) is 6.51. The van der Waals surface area contributed by atoms with Crippen LogP contribution in [0.5, 0.6) is 0 Å². The van der Waals surface area contributed by atoms with Gasteiger partial charge in [-0.2, -0.15) is 17.5 Å². The Morgan fingerprint density at radius 2 is 1.79 bits per heavy atom. The zero-order chi connectivity index (χ0) is 20.6. The van der Waals surface area contributed by atoms with Crippen LogP contribution in [0.4, 0.5) is 13.2 Å². The van der Waals surface area contributed by atoms with Gasteiger partial charge < -0.3 is 15.4 Å². The number of hydrogen-bond donors (Lipinski definition) is 2. The Bertz CT molecular complexity index is 601. The molecule has 0 aromatic rings. The van der Waals surface area contributed by atoms with Gasteiger partial charge in [0.15, 0.2) is 5.96 Å². The van der Waals surface area contributed by atoms with Crippen molar-refractivity contribution in [3.63, 3.8) is 0 Å². The molecule has 2 heterocycles. The third-order valence-corrected chi connectivity index (χ3v) is 6.58. The van der Waals surface area contributed by atoms with Crippen molar-refractivity contribution in [1.82, 2.24) is 19.8 Å². The quantitative estimate of drug-likeness (QED) is 0.350. The van der Waals surface area contributed by atoms with Crippen LogP contribution >= 0.6 is 0 Å². The van der Waals surface area contributed by atoms with Crippen LogP contribution in [-0.2, 0) is 14.8 Å². The van der Waals surface area contributed by atoms with Crippen LogP contribution < -0.4 is 10.6 Å². The number of nitrogens with zero attached hydrogens (tertiary/aromatic N) is 3. The summed E-state index contributed by atoms with van der Waals surface area (Å²) in [6.45, 7) is 4.98. The van der Waals surface area contributed by atoms with E-state index in [0.29, 0.717) is 23.1 Å². The highest BCUT2D eigenvalue weighted by Crippen LogP contribution is 2.28. The topological polar surface area (TPSA) is 86.3 Å². The second-order valence-corrected chi connectivity index (χ2v) is 8.86. The summed E-state index contributed by atoms with van der Waals surface area (Å²) in [6.07, 6.45) is 2.62. The van der Waals surface area contributed by atoms with Gasteiger partial charge in [0.1, 0.15) is 0 Å². The number of halogens is 3. The first-order chi connectivity index (χ1) is 13.2. The van der Waals surface area contributed by atoms with Gasteiger partial charge in [0.05, 0.1) is 13.2 Å². The molecule has 0 aliphatic carbocycles. The fraction of sp³-hybridized carbons (Fsp3) is 0.938. The lowest BCUT2D eigenvalue weighted by atomic mass is 10.1. The molecule has 12 heteroatoms.